The number of Topliss-reactive ketones (excluding diaryl/α,β-unsaturated/α-hetero) is 1. The number of hydrogen-bond acceptors (Lipinski definition) is 3. The van der Waals surface area contributed by atoms with Crippen molar-refractivity contribution in [2.75, 3.05) is 6.54 Å². The number of likely N-dealkylation sites (tertiary alicyclic amines) is 1. The summed E-state index contributed by atoms with van der Waals surface area (Å²) >= 11 is 0. The topological polar surface area (TPSA) is 46.6 Å². The Morgan fingerprint density at radius 1 is 1.21 bits per heavy atom. The Morgan fingerprint density at radius 3 is 2.46 bits per heavy atom. The average Bonchev–Trinajstić information content (AvgIpc) is 2.53. The van der Waals surface area contributed by atoms with E-state index in [2.05, 4.69) is 0 Å². The van der Waals surface area contributed by atoms with E-state index in [1.54, 1.807) is 4.90 Å². The molecule has 2 rings (SSSR count). The molecule has 1 aromatic carbocycles. The number of nitrogens with zero attached hydrogens (tertiary/aromatic N) is 1. The first-order valence-electron chi connectivity index (χ1n) is 8.89. The van der Waals surface area contributed by atoms with E-state index < -0.39 is 5.60 Å². The van der Waals surface area contributed by atoms with Crippen molar-refractivity contribution < 1.29 is 14.3 Å². The summed E-state index contributed by atoms with van der Waals surface area (Å²) in [6.45, 7) is 8.22. The molecule has 1 heterocycles. The van der Waals surface area contributed by atoms with Crippen molar-refractivity contribution in [2.45, 2.75) is 65.0 Å². The molecule has 2 unspecified atom stereocenters. The molecular weight excluding hydrogens is 302 g/mol. The minimum Gasteiger partial charge on any atom is -0.444 e. The highest BCUT2D eigenvalue weighted by atomic mass is 16.6. The van der Waals surface area contributed by atoms with Gasteiger partial charge >= 0.3 is 6.09 Å². The van der Waals surface area contributed by atoms with Gasteiger partial charge in [-0.05, 0) is 45.6 Å². The van der Waals surface area contributed by atoms with Crippen LogP contribution in [0.4, 0.5) is 4.79 Å². The fourth-order valence-corrected chi connectivity index (χ4v) is 3.24. The van der Waals surface area contributed by atoms with Crippen LogP contribution in [0, 0.1) is 5.92 Å². The van der Waals surface area contributed by atoms with Crippen LogP contribution < -0.4 is 0 Å². The van der Waals surface area contributed by atoms with Gasteiger partial charge in [0.05, 0.1) is 6.04 Å². The lowest BCUT2D eigenvalue weighted by atomic mass is 9.83. The van der Waals surface area contributed by atoms with Crippen molar-refractivity contribution >= 4 is 11.9 Å². The lowest BCUT2D eigenvalue weighted by molar-refractivity contribution is -0.125. The number of ether oxygens (including phenoxy) is 1. The Bertz CT molecular complexity index is 562. The minimum atomic E-state index is -0.521. The third-order valence-corrected chi connectivity index (χ3v) is 4.37. The molecule has 0 N–H and O–H groups in total. The molecule has 4 heteroatoms. The molecule has 1 fully saturated rings. The summed E-state index contributed by atoms with van der Waals surface area (Å²) in [6.07, 6.45) is 2.61. The van der Waals surface area contributed by atoms with Gasteiger partial charge in [-0.1, -0.05) is 37.3 Å². The van der Waals surface area contributed by atoms with Crippen LogP contribution in [0.5, 0.6) is 0 Å². The van der Waals surface area contributed by atoms with Crippen LogP contribution in [-0.2, 0) is 9.53 Å². The highest BCUT2D eigenvalue weighted by molar-refractivity contribution is 5.81. The van der Waals surface area contributed by atoms with Crippen LogP contribution in [-0.4, -0.2) is 28.9 Å². The van der Waals surface area contributed by atoms with Crippen molar-refractivity contribution in [3.63, 3.8) is 0 Å². The molecular formula is C20H29NO3. The van der Waals surface area contributed by atoms with Gasteiger partial charge in [-0.2, -0.15) is 0 Å². The molecule has 4 nitrogen and oxygen atoms in total. The normalized spacial score (nSPS) is 21.4. The zero-order valence-electron chi connectivity index (χ0n) is 15.2. The summed E-state index contributed by atoms with van der Waals surface area (Å²) in [5, 5.41) is 0. The van der Waals surface area contributed by atoms with E-state index in [0.29, 0.717) is 25.2 Å². The van der Waals surface area contributed by atoms with Gasteiger partial charge in [0.2, 0.25) is 0 Å². The first kappa shape index (κ1) is 18.5. The highest BCUT2D eigenvalue weighted by Gasteiger charge is 2.37. The van der Waals surface area contributed by atoms with Crippen LogP contribution >= 0.6 is 0 Å². The first-order chi connectivity index (χ1) is 11.3. The molecule has 1 aliphatic rings. The van der Waals surface area contributed by atoms with Crippen LogP contribution in [0.3, 0.4) is 0 Å². The van der Waals surface area contributed by atoms with Crippen molar-refractivity contribution in [1.82, 2.24) is 4.90 Å². The Labute approximate surface area is 145 Å². The van der Waals surface area contributed by atoms with Crippen LogP contribution in [0.2, 0.25) is 0 Å². The SMILES string of the molecule is CCCC(=O)C1CCN(C(=O)OC(C)(C)C)C(c2ccccc2)C1. The lowest BCUT2D eigenvalue weighted by Crippen LogP contribution is -2.45. The van der Waals surface area contributed by atoms with Gasteiger partial charge in [-0.3, -0.25) is 4.79 Å². The fourth-order valence-electron chi connectivity index (χ4n) is 3.24. The minimum absolute atomic E-state index is 0.0360. The van der Waals surface area contributed by atoms with Gasteiger partial charge in [0, 0.05) is 18.9 Å². The van der Waals surface area contributed by atoms with E-state index in [0.717, 1.165) is 18.4 Å². The third-order valence-electron chi connectivity index (χ3n) is 4.37. The zero-order valence-corrected chi connectivity index (χ0v) is 15.2. The Balaban J connectivity index is 2.21. The predicted molar refractivity (Wildman–Crippen MR) is 94.8 cm³/mol. The predicted octanol–water partition coefficient (Wildman–Crippen LogP) is 4.74. The molecule has 132 valence electrons. The van der Waals surface area contributed by atoms with Gasteiger partial charge in [0.1, 0.15) is 11.4 Å². The molecule has 0 bridgehead atoms. The number of piperidine rings is 1. The Morgan fingerprint density at radius 2 is 1.88 bits per heavy atom. The number of ketones is 1. The maximum absolute atomic E-state index is 12.6. The summed E-state index contributed by atoms with van der Waals surface area (Å²) in [5.41, 5.74) is 0.546. The van der Waals surface area contributed by atoms with E-state index in [-0.39, 0.29) is 18.1 Å². The van der Waals surface area contributed by atoms with Gasteiger partial charge in [-0.25, -0.2) is 4.79 Å². The van der Waals surface area contributed by atoms with Crippen molar-refractivity contribution in [2.24, 2.45) is 5.92 Å². The lowest BCUT2D eigenvalue weighted by Gasteiger charge is -2.39. The highest BCUT2D eigenvalue weighted by Crippen LogP contribution is 2.36. The van der Waals surface area contributed by atoms with Crippen LogP contribution in [0.15, 0.2) is 30.3 Å². The molecule has 1 saturated heterocycles. The Hall–Kier alpha value is -1.84. The largest absolute Gasteiger partial charge is 0.444 e. The van der Waals surface area contributed by atoms with E-state index in [1.807, 2.05) is 58.0 Å². The number of benzene rings is 1. The van der Waals surface area contributed by atoms with Crippen molar-refractivity contribution in [3.8, 4) is 0 Å². The average molecular weight is 331 g/mol. The maximum atomic E-state index is 12.6. The standard InChI is InChI=1S/C20H29NO3/c1-5-9-18(22)16-12-13-21(19(23)24-20(2,3)4)17(14-16)15-10-7-6-8-11-15/h6-8,10-11,16-17H,5,9,12-14H2,1-4H3. The van der Waals surface area contributed by atoms with Gasteiger partial charge in [-0.15, -0.1) is 0 Å². The third kappa shape index (κ3) is 4.83. The molecule has 1 amide bonds. The number of hydrogen-bond donors (Lipinski definition) is 0. The second kappa shape index (κ2) is 7.82. The molecule has 0 radical (unpaired) electrons. The number of carbonyl (C=O) groups excluding carboxylic acids is 2. The van der Waals surface area contributed by atoms with E-state index in [4.69, 9.17) is 4.74 Å². The summed E-state index contributed by atoms with van der Waals surface area (Å²) in [6, 6.07) is 9.86. The smallest absolute Gasteiger partial charge is 0.410 e. The van der Waals surface area contributed by atoms with Crippen LogP contribution in [0.25, 0.3) is 0 Å². The maximum Gasteiger partial charge on any atom is 0.410 e. The molecule has 0 aromatic heterocycles. The van der Waals surface area contributed by atoms with Gasteiger partial charge < -0.3 is 9.64 Å². The van der Waals surface area contributed by atoms with Crippen LogP contribution in [0.1, 0.15) is 65.0 Å². The number of rotatable bonds is 4. The van der Waals surface area contributed by atoms with E-state index in [1.165, 1.54) is 0 Å². The van der Waals surface area contributed by atoms with Crippen molar-refractivity contribution in [1.29, 1.82) is 0 Å². The summed E-state index contributed by atoms with van der Waals surface area (Å²) in [5.74, 6) is 0.358. The van der Waals surface area contributed by atoms with E-state index in [9.17, 15) is 9.59 Å². The quantitative estimate of drug-likeness (QED) is 0.800. The van der Waals surface area contributed by atoms with Gasteiger partial charge in [0.15, 0.2) is 0 Å². The van der Waals surface area contributed by atoms with Crippen molar-refractivity contribution in [3.05, 3.63) is 35.9 Å². The fraction of sp³-hybridized carbons (Fsp3) is 0.600. The zero-order chi connectivity index (χ0) is 17.7. The second-order valence-corrected chi connectivity index (χ2v) is 7.54. The molecule has 24 heavy (non-hydrogen) atoms. The van der Waals surface area contributed by atoms with E-state index >= 15 is 0 Å². The molecule has 0 spiro atoms. The molecule has 2 atom stereocenters. The molecule has 0 aliphatic carbocycles. The number of carbonyl (C=O) groups is 2. The Kier molecular flexibility index (Phi) is 6.03. The summed E-state index contributed by atoms with van der Waals surface area (Å²) in [4.78, 5) is 26.8. The first-order valence-corrected chi connectivity index (χ1v) is 8.89. The molecule has 1 aromatic rings. The molecule has 1 aliphatic heterocycles. The summed E-state index contributed by atoms with van der Waals surface area (Å²) in [7, 11) is 0. The number of amides is 1. The molecule has 0 saturated carbocycles. The monoisotopic (exact) mass is 331 g/mol. The van der Waals surface area contributed by atoms with Gasteiger partial charge in [0.25, 0.3) is 0 Å². The second-order valence-electron chi connectivity index (χ2n) is 7.54. The summed E-state index contributed by atoms with van der Waals surface area (Å²) < 4.78 is 5.57.